The van der Waals surface area contributed by atoms with E-state index in [4.69, 9.17) is 20.7 Å². The van der Waals surface area contributed by atoms with Crippen LogP contribution in [0.15, 0.2) is 103 Å². The van der Waals surface area contributed by atoms with Crippen LogP contribution >= 0.6 is 0 Å². The van der Waals surface area contributed by atoms with Crippen LogP contribution in [0.5, 0.6) is 5.75 Å². The third kappa shape index (κ3) is 6.08. The number of likely N-dealkylation sites (N-methyl/N-ethyl adjacent to an activating group) is 1. The first kappa shape index (κ1) is 29.7. The van der Waals surface area contributed by atoms with Crippen molar-refractivity contribution in [1.29, 1.82) is 10.8 Å². The summed E-state index contributed by atoms with van der Waals surface area (Å²) in [6, 6.07) is 30.7. The molecule has 1 atom stereocenters. The van der Waals surface area contributed by atoms with Crippen molar-refractivity contribution in [3.05, 3.63) is 119 Å². The summed E-state index contributed by atoms with van der Waals surface area (Å²) >= 11 is 0. The number of anilines is 1. The van der Waals surface area contributed by atoms with E-state index in [1.54, 1.807) is 24.3 Å². The molecule has 4 aromatic rings. The van der Waals surface area contributed by atoms with E-state index in [2.05, 4.69) is 85.5 Å². The summed E-state index contributed by atoms with van der Waals surface area (Å²) in [5.74, 6) is 0.0894. The largest absolute Gasteiger partial charge is 0.493 e. The van der Waals surface area contributed by atoms with Crippen molar-refractivity contribution in [3.63, 3.8) is 0 Å². The third-order valence-electron chi connectivity index (χ3n) is 7.02. The number of nitrogens with zero attached hydrogens (tertiary/aromatic N) is 1. The fourth-order valence-electron chi connectivity index (χ4n) is 5.36. The zero-order valence-corrected chi connectivity index (χ0v) is 23.6. The first-order chi connectivity index (χ1) is 18.4. The van der Waals surface area contributed by atoms with Gasteiger partial charge in [-0.2, -0.15) is 0 Å². The molecule has 4 aromatic carbocycles. The minimum Gasteiger partial charge on any atom is -0.493 e. The second kappa shape index (κ2) is 13.3. The van der Waals surface area contributed by atoms with Crippen LogP contribution in [-0.4, -0.2) is 30.4 Å². The third-order valence-corrected chi connectivity index (χ3v) is 7.02. The molecule has 0 spiro atoms. The second-order valence-electron chi connectivity index (χ2n) is 9.42. The SMILES string of the molecule is CCN1/C(=C\C=N)C(C)(Cc2ccccc2)c2ccc3ccccc3c21.CCOc1ccccc1C(=N)O.[Co]. The zero-order valence-electron chi connectivity index (χ0n) is 22.6. The van der Waals surface area contributed by atoms with Crippen LogP contribution in [0.4, 0.5) is 5.69 Å². The van der Waals surface area contributed by atoms with Gasteiger partial charge in [0.2, 0.25) is 5.90 Å². The molecule has 5 nitrogen and oxygen atoms in total. The predicted octanol–water partition coefficient (Wildman–Crippen LogP) is 7.68. The minimum absolute atomic E-state index is 0. The quantitative estimate of drug-likeness (QED) is 0.159. The van der Waals surface area contributed by atoms with Gasteiger partial charge in [0, 0.05) is 46.0 Å². The molecule has 1 heterocycles. The summed E-state index contributed by atoms with van der Waals surface area (Å²) in [6.07, 6.45) is 4.33. The Kier molecular flexibility index (Phi) is 10.1. The molecule has 0 aliphatic carbocycles. The molecule has 3 N–H and O–H groups in total. The molecule has 6 heteroatoms. The molecule has 0 fully saturated rings. The zero-order chi connectivity index (χ0) is 27.1. The van der Waals surface area contributed by atoms with Gasteiger partial charge in [0.15, 0.2) is 0 Å². The van der Waals surface area contributed by atoms with Gasteiger partial charge in [-0.15, -0.1) is 0 Å². The number of rotatable bonds is 7. The molecule has 5 rings (SSSR count). The normalized spacial score (nSPS) is 16.6. The monoisotopic (exact) mass is 564 g/mol. The number of hydrogen-bond acceptors (Lipinski definition) is 4. The molecule has 0 bridgehead atoms. The summed E-state index contributed by atoms with van der Waals surface area (Å²) < 4.78 is 5.20. The maximum atomic E-state index is 8.93. The average molecular weight is 565 g/mol. The van der Waals surface area contributed by atoms with Crippen LogP contribution < -0.4 is 9.64 Å². The van der Waals surface area contributed by atoms with E-state index in [1.807, 2.05) is 13.0 Å². The van der Waals surface area contributed by atoms with Crippen molar-refractivity contribution >= 4 is 28.6 Å². The van der Waals surface area contributed by atoms with Crippen molar-refractivity contribution in [2.45, 2.75) is 32.6 Å². The smallest absolute Gasteiger partial charge is 0.214 e. The molecule has 39 heavy (non-hydrogen) atoms. The van der Waals surface area contributed by atoms with Crippen molar-refractivity contribution in [2.24, 2.45) is 0 Å². The van der Waals surface area contributed by atoms with Crippen molar-refractivity contribution < 1.29 is 26.6 Å². The first-order valence-electron chi connectivity index (χ1n) is 13.0. The summed E-state index contributed by atoms with van der Waals surface area (Å²) in [5, 5.41) is 26.3. The maximum Gasteiger partial charge on any atom is 0.214 e. The van der Waals surface area contributed by atoms with Crippen LogP contribution in [0, 0.1) is 10.8 Å². The Morgan fingerprint density at radius 2 is 1.59 bits per heavy atom. The molecule has 0 amide bonds. The number of allylic oxidation sites excluding steroid dienone is 2. The number of para-hydroxylation sites is 1. The molecule has 1 aliphatic rings. The molecule has 1 radical (unpaired) electrons. The van der Waals surface area contributed by atoms with Crippen LogP contribution in [0.3, 0.4) is 0 Å². The standard InChI is InChI=1S/C24H24N2.C9H11NO2.Co/c1-3-26-22(15-16-25)24(2,17-18-9-5-4-6-10-18)21-14-13-19-11-7-8-12-20(19)23(21)26;1-2-12-8-6-4-3-5-7(8)9(10)11;/h4-16,25H,3,17H2,1-2H3;3-6H,2H2,1H3,(H2,10,11);/b22-15-,25-16?;;. The summed E-state index contributed by atoms with van der Waals surface area (Å²) in [6.45, 7) is 7.79. The van der Waals surface area contributed by atoms with Crippen molar-refractivity contribution in [2.75, 3.05) is 18.1 Å². The van der Waals surface area contributed by atoms with Gasteiger partial charge in [0.05, 0.1) is 17.9 Å². The number of nitrogens with one attached hydrogen (secondary N) is 2. The fourth-order valence-corrected chi connectivity index (χ4v) is 5.36. The van der Waals surface area contributed by atoms with Gasteiger partial charge in [-0.3, -0.25) is 5.41 Å². The van der Waals surface area contributed by atoms with Gasteiger partial charge in [-0.25, -0.2) is 0 Å². The van der Waals surface area contributed by atoms with Crippen LogP contribution in [0.1, 0.15) is 37.5 Å². The van der Waals surface area contributed by atoms with Crippen molar-refractivity contribution in [1.82, 2.24) is 0 Å². The van der Waals surface area contributed by atoms with Gasteiger partial charge < -0.3 is 20.2 Å². The summed E-state index contributed by atoms with van der Waals surface area (Å²) in [7, 11) is 0. The van der Waals surface area contributed by atoms with Gasteiger partial charge in [0.1, 0.15) is 5.75 Å². The molecule has 0 saturated carbocycles. The number of ether oxygens (including phenoxy) is 1. The van der Waals surface area contributed by atoms with Gasteiger partial charge in [0.25, 0.3) is 0 Å². The Bertz CT molecular complexity index is 1470. The number of aliphatic hydroxyl groups is 1. The van der Waals surface area contributed by atoms with E-state index < -0.39 is 5.90 Å². The predicted molar refractivity (Wildman–Crippen MR) is 158 cm³/mol. The van der Waals surface area contributed by atoms with Crippen LogP contribution in [0.2, 0.25) is 0 Å². The number of fused-ring (bicyclic) bond motifs is 3. The van der Waals surface area contributed by atoms with Gasteiger partial charge in [-0.1, -0.05) is 78.9 Å². The molecular formula is C33H35CoN3O2. The molecule has 1 aliphatic heterocycles. The topological polar surface area (TPSA) is 80.4 Å². The number of aliphatic hydroxyl groups excluding tert-OH is 1. The number of hydrogen-bond donors (Lipinski definition) is 3. The van der Waals surface area contributed by atoms with Gasteiger partial charge >= 0.3 is 0 Å². The Morgan fingerprint density at radius 1 is 0.923 bits per heavy atom. The van der Waals surface area contributed by atoms with Crippen LogP contribution in [-0.2, 0) is 28.6 Å². The van der Waals surface area contributed by atoms with Crippen LogP contribution in [0.25, 0.3) is 10.8 Å². The molecule has 1 unspecified atom stereocenters. The average Bonchev–Trinajstić information content (AvgIpc) is 3.17. The Hall–Kier alpha value is -3.87. The van der Waals surface area contributed by atoms with E-state index in [9.17, 15) is 0 Å². The number of benzene rings is 4. The Labute approximate surface area is 241 Å². The second-order valence-corrected chi connectivity index (χ2v) is 9.42. The molecule has 203 valence electrons. The van der Waals surface area contributed by atoms with E-state index in [-0.39, 0.29) is 22.2 Å². The maximum absolute atomic E-state index is 8.93. The van der Waals surface area contributed by atoms with E-state index in [0.29, 0.717) is 17.9 Å². The summed E-state index contributed by atoms with van der Waals surface area (Å²) in [5.41, 5.74) is 5.48. The minimum atomic E-state index is -0.459. The Morgan fingerprint density at radius 3 is 2.26 bits per heavy atom. The van der Waals surface area contributed by atoms with E-state index >= 15 is 0 Å². The summed E-state index contributed by atoms with van der Waals surface area (Å²) in [4.78, 5) is 2.39. The van der Waals surface area contributed by atoms with Crippen molar-refractivity contribution in [3.8, 4) is 5.75 Å². The van der Waals surface area contributed by atoms with E-state index in [0.717, 1.165) is 13.0 Å². The Balaban J connectivity index is 0.000000274. The fraction of sp³-hybridized carbons (Fsp3) is 0.212. The molecule has 0 saturated heterocycles. The van der Waals surface area contributed by atoms with Gasteiger partial charge in [-0.05, 0) is 61.9 Å². The first-order valence-corrected chi connectivity index (χ1v) is 13.0. The molecule has 0 aromatic heterocycles. The molecular weight excluding hydrogens is 529 g/mol. The van der Waals surface area contributed by atoms with E-state index in [1.165, 1.54) is 39.5 Å².